The second kappa shape index (κ2) is 9.58. The van der Waals surface area contributed by atoms with E-state index in [1.807, 2.05) is 6.20 Å². The van der Waals surface area contributed by atoms with Crippen LogP contribution in [0.3, 0.4) is 0 Å². The molecule has 2 heterocycles. The Kier molecular flexibility index (Phi) is 6.63. The molecule has 1 aromatic heterocycles. The minimum Gasteiger partial charge on any atom is -0.369 e. The zero-order valence-electron chi connectivity index (χ0n) is 17.7. The molecule has 3 N–H and O–H groups in total. The van der Waals surface area contributed by atoms with Crippen molar-refractivity contribution in [2.45, 2.75) is 38.6 Å². The zero-order chi connectivity index (χ0) is 21.8. The van der Waals surface area contributed by atoms with Crippen LogP contribution in [0.5, 0.6) is 0 Å². The third-order valence-electron chi connectivity index (χ3n) is 6.03. The fourth-order valence-electron chi connectivity index (χ4n) is 4.38. The fraction of sp³-hybridized carbons (Fsp3) is 0.375. The molecule has 0 spiro atoms. The number of nitrogens with one attached hydrogen (secondary N) is 1. The first-order valence-electron chi connectivity index (χ1n) is 10.7. The number of amides is 2. The van der Waals surface area contributed by atoms with Crippen molar-refractivity contribution in [2.75, 3.05) is 18.4 Å². The van der Waals surface area contributed by atoms with Gasteiger partial charge in [-0.3, -0.25) is 14.5 Å². The normalized spacial score (nSPS) is 16.3. The topological polar surface area (TPSA) is 88.3 Å². The Morgan fingerprint density at radius 3 is 2.65 bits per heavy atom. The summed E-state index contributed by atoms with van der Waals surface area (Å²) in [4.78, 5) is 30.8. The number of thiazole rings is 1. The van der Waals surface area contributed by atoms with Crippen LogP contribution in [0.15, 0.2) is 48.7 Å². The molecule has 31 heavy (non-hydrogen) atoms. The van der Waals surface area contributed by atoms with Gasteiger partial charge in [0.25, 0.3) is 0 Å². The second-order valence-electron chi connectivity index (χ2n) is 8.19. The first kappa shape index (κ1) is 21.5. The summed E-state index contributed by atoms with van der Waals surface area (Å²) in [6, 6.07) is 15.4. The summed E-state index contributed by atoms with van der Waals surface area (Å²) >= 11 is 1.53. The number of piperidine rings is 1. The lowest BCUT2D eigenvalue weighted by molar-refractivity contribution is -0.123. The standard InChI is InChI=1S/C24H28N4O2S/c1-16(29)27-24-26-15-21(31-24)8-9-22(28-12-10-18(11-13-28)23(25)30)20-7-6-17-4-2-3-5-19(17)14-20/h2-7,14-15,18,22H,8-13H2,1H3,(H2,25,30)(H,26,27,29). The molecule has 1 atom stereocenters. The molecular weight excluding hydrogens is 408 g/mol. The predicted molar refractivity (Wildman–Crippen MR) is 125 cm³/mol. The van der Waals surface area contributed by atoms with E-state index in [9.17, 15) is 9.59 Å². The number of nitrogens with zero attached hydrogens (tertiary/aromatic N) is 2. The van der Waals surface area contributed by atoms with Crippen molar-refractivity contribution in [3.05, 3.63) is 59.1 Å². The minimum atomic E-state index is -0.183. The van der Waals surface area contributed by atoms with Gasteiger partial charge in [0.15, 0.2) is 5.13 Å². The number of benzene rings is 2. The summed E-state index contributed by atoms with van der Waals surface area (Å²) in [5.41, 5.74) is 6.83. The van der Waals surface area contributed by atoms with E-state index in [1.165, 1.54) is 34.6 Å². The molecule has 7 heteroatoms. The maximum atomic E-state index is 11.6. The Hall–Kier alpha value is -2.77. The van der Waals surface area contributed by atoms with Gasteiger partial charge in [0, 0.05) is 30.0 Å². The van der Waals surface area contributed by atoms with E-state index < -0.39 is 0 Å². The number of carbonyl (C=O) groups is 2. The Morgan fingerprint density at radius 1 is 1.19 bits per heavy atom. The van der Waals surface area contributed by atoms with Gasteiger partial charge in [-0.1, -0.05) is 36.4 Å². The summed E-state index contributed by atoms with van der Waals surface area (Å²) in [7, 11) is 0. The van der Waals surface area contributed by atoms with Crippen molar-refractivity contribution in [1.82, 2.24) is 9.88 Å². The lowest BCUT2D eigenvalue weighted by Gasteiger charge is -2.37. The van der Waals surface area contributed by atoms with Crippen LogP contribution in [0.1, 0.15) is 42.7 Å². The molecule has 2 amide bonds. The summed E-state index contributed by atoms with van der Waals surface area (Å²) in [5, 5.41) is 5.88. The first-order valence-corrected chi connectivity index (χ1v) is 11.6. The number of primary amides is 1. The van der Waals surface area contributed by atoms with Gasteiger partial charge in [0.2, 0.25) is 11.8 Å². The SMILES string of the molecule is CC(=O)Nc1ncc(CCC(c2ccc3ccccc3c2)N2CCC(C(N)=O)CC2)s1. The van der Waals surface area contributed by atoms with E-state index in [0.29, 0.717) is 5.13 Å². The zero-order valence-corrected chi connectivity index (χ0v) is 18.5. The Morgan fingerprint density at radius 2 is 1.94 bits per heavy atom. The van der Waals surface area contributed by atoms with Crippen molar-refractivity contribution < 1.29 is 9.59 Å². The highest BCUT2D eigenvalue weighted by Crippen LogP contribution is 2.33. The molecule has 0 bridgehead atoms. The fourth-order valence-corrected chi connectivity index (χ4v) is 5.26. The quantitative estimate of drug-likeness (QED) is 0.583. The Labute approximate surface area is 186 Å². The number of anilines is 1. The molecular formula is C24H28N4O2S. The smallest absolute Gasteiger partial charge is 0.223 e. The van der Waals surface area contributed by atoms with Gasteiger partial charge >= 0.3 is 0 Å². The number of likely N-dealkylation sites (tertiary alicyclic amines) is 1. The third kappa shape index (κ3) is 5.29. The van der Waals surface area contributed by atoms with Gasteiger partial charge < -0.3 is 11.1 Å². The number of aryl methyl sites for hydroxylation is 1. The monoisotopic (exact) mass is 436 g/mol. The summed E-state index contributed by atoms with van der Waals surface area (Å²) in [6.45, 7) is 3.22. The maximum Gasteiger partial charge on any atom is 0.223 e. The number of rotatable bonds is 7. The summed E-state index contributed by atoms with van der Waals surface area (Å²) in [6.07, 6.45) is 5.30. The molecule has 1 saturated heterocycles. The van der Waals surface area contributed by atoms with E-state index in [1.54, 1.807) is 0 Å². The first-order chi connectivity index (χ1) is 15.0. The summed E-state index contributed by atoms with van der Waals surface area (Å²) in [5.74, 6) is -0.306. The van der Waals surface area contributed by atoms with Crippen molar-refractivity contribution >= 4 is 39.1 Å². The molecule has 6 nitrogen and oxygen atoms in total. The van der Waals surface area contributed by atoms with Crippen LogP contribution in [-0.2, 0) is 16.0 Å². The highest BCUT2D eigenvalue weighted by atomic mass is 32.1. The van der Waals surface area contributed by atoms with Crippen molar-refractivity contribution in [1.29, 1.82) is 0 Å². The van der Waals surface area contributed by atoms with Gasteiger partial charge in [-0.2, -0.15) is 0 Å². The van der Waals surface area contributed by atoms with Crippen LogP contribution in [0.2, 0.25) is 0 Å². The molecule has 0 aliphatic carbocycles. The number of carbonyl (C=O) groups excluding carboxylic acids is 2. The van der Waals surface area contributed by atoms with Gasteiger partial charge in [0.05, 0.1) is 0 Å². The van der Waals surface area contributed by atoms with Gasteiger partial charge in [-0.25, -0.2) is 4.98 Å². The molecule has 1 aliphatic heterocycles. The molecule has 2 aromatic carbocycles. The molecule has 1 fully saturated rings. The average molecular weight is 437 g/mol. The number of fused-ring (bicyclic) bond motifs is 1. The third-order valence-corrected chi connectivity index (χ3v) is 7.00. The Balaban J connectivity index is 1.54. The second-order valence-corrected chi connectivity index (χ2v) is 9.30. The molecule has 162 valence electrons. The number of hydrogen-bond donors (Lipinski definition) is 2. The van der Waals surface area contributed by atoms with Crippen LogP contribution in [0.4, 0.5) is 5.13 Å². The van der Waals surface area contributed by atoms with Crippen LogP contribution >= 0.6 is 11.3 Å². The molecule has 1 aliphatic rings. The van der Waals surface area contributed by atoms with Crippen LogP contribution < -0.4 is 11.1 Å². The van der Waals surface area contributed by atoms with Crippen molar-refractivity contribution in [2.24, 2.45) is 11.7 Å². The van der Waals surface area contributed by atoms with Gasteiger partial charge in [-0.15, -0.1) is 11.3 Å². The average Bonchev–Trinajstić information content (AvgIpc) is 3.20. The molecule has 1 unspecified atom stereocenters. The van der Waals surface area contributed by atoms with Crippen LogP contribution in [0, 0.1) is 5.92 Å². The molecule has 3 aromatic rings. The summed E-state index contributed by atoms with van der Waals surface area (Å²) < 4.78 is 0. The van der Waals surface area contributed by atoms with Gasteiger partial charge in [-0.05, 0) is 61.2 Å². The van der Waals surface area contributed by atoms with Gasteiger partial charge in [0.1, 0.15) is 0 Å². The molecule has 0 saturated carbocycles. The van der Waals surface area contributed by atoms with E-state index in [0.717, 1.165) is 43.6 Å². The van der Waals surface area contributed by atoms with Crippen molar-refractivity contribution in [3.8, 4) is 0 Å². The maximum absolute atomic E-state index is 11.6. The lowest BCUT2D eigenvalue weighted by Crippen LogP contribution is -2.40. The lowest BCUT2D eigenvalue weighted by atomic mass is 9.91. The van der Waals surface area contributed by atoms with E-state index in [-0.39, 0.29) is 23.8 Å². The highest BCUT2D eigenvalue weighted by molar-refractivity contribution is 7.15. The molecule has 0 radical (unpaired) electrons. The van der Waals surface area contributed by atoms with E-state index in [4.69, 9.17) is 5.73 Å². The van der Waals surface area contributed by atoms with Crippen LogP contribution in [0.25, 0.3) is 10.8 Å². The number of hydrogen-bond acceptors (Lipinski definition) is 5. The highest BCUT2D eigenvalue weighted by Gasteiger charge is 2.28. The largest absolute Gasteiger partial charge is 0.369 e. The number of aromatic nitrogens is 1. The molecule has 4 rings (SSSR count). The minimum absolute atomic E-state index is 0.0183. The van der Waals surface area contributed by atoms with Crippen molar-refractivity contribution in [3.63, 3.8) is 0 Å². The van der Waals surface area contributed by atoms with E-state index in [2.05, 4.69) is 57.7 Å². The van der Waals surface area contributed by atoms with Crippen LogP contribution in [-0.4, -0.2) is 34.8 Å². The number of nitrogens with two attached hydrogens (primary N) is 1. The Bertz CT molecular complexity index is 1070. The predicted octanol–water partition coefficient (Wildman–Crippen LogP) is 4.13. The van der Waals surface area contributed by atoms with E-state index >= 15 is 0 Å².